The summed E-state index contributed by atoms with van der Waals surface area (Å²) in [7, 11) is 0. The second-order valence-corrected chi connectivity index (χ2v) is 5.10. The third-order valence-electron chi connectivity index (χ3n) is 3.36. The topological polar surface area (TPSA) is 48.1 Å². The quantitative estimate of drug-likeness (QED) is 0.912. The third kappa shape index (κ3) is 2.93. The lowest BCUT2D eigenvalue weighted by molar-refractivity contribution is 0.303. The van der Waals surface area contributed by atoms with Crippen LogP contribution in [0.15, 0.2) is 42.6 Å². The molecule has 1 aliphatic rings. The van der Waals surface area contributed by atoms with E-state index in [0.717, 1.165) is 22.6 Å². The molecule has 1 aromatic carbocycles. The molecule has 1 aliphatic carbocycles. The van der Waals surface area contributed by atoms with E-state index in [0.29, 0.717) is 6.10 Å². The normalized spacial score (nSPS) is 16.1. The zero-order valence-electron chi connectivity index (χ0n) is 11.0. The van der Waals surface area contributed by atoms with Crippen molar-refractivity contribution in [3.63, 3.8) is 0 Å². The zero-order valence-corrected chi connectivity index (χ0v) is 11.0. The Morgan fingerprint density at radius 1 is 1.11 bits per heavy atom. The van der Waals surface area contributed by atoms with E-state index in [1.54, 1.807) is 0 Å². The van der Waals surface area contributed by atoms with Crippen LogP contribution in [-0.2, 0) is 0 Å². The highest BCUT2D eigenvalue weighted by molar-refractivity contribution is 5.34. The molecule has 1 aromatic heterocycles. The summed E-state index contributed by atoms with van der Waals surface area (Å²) >= 11 is 0. The van der Waals surface area contributed by atoms with Crippen LogP contribution in [0.2, 0.25) is 0 Å². The molecule has 0 bridgehead atoms. The number of aromatic nitrogens is 1. The van der Waals surface area contributed by atoms with Crippen molar-refractivity contribution in [3.05, 3.63) is 59.4 Å². The second-order valence-electron chi connectivity index (χ2n) is 5.10. The molecule has 1 fully saturated rings. The minimum Gasteiger partial charge on any atom is -0.490 e. The van der Waals surface area contributed by atoms with Gasteiger partial charge in [-0.15, -0.1) is 0 Å². The molecule has 0 radical (unpaired) electrons. The van der Waals surface area contributed by atoms with Crippen molar-refractivity contribution in [1.82, 2.24) is 4.98 Å². The minimum atomic E-state index is -0.136. The van der Waals surface area contributed by atoms with Gasteiger partial charge in [-0.1, -0.05) is 18.2 Å². The molecule has 3 nitrogen and oxygen atoms in total. The second kappa shape index (κ2) is 5.02. The molecule has 1 unspecified atom stereocenters. The molecular weight excluding hydrogens is 236 g/mol. The van der Waals surface area contributed by atoms with Gasteiger partial charge in [-0.3, -0.25) is 4.98 Å². The highest BCUT2D eigenvalue weighted by Gasteiger charge is 2.23. The summed E-state index contributed by atoms with van der Waals surface area (Å²) in [6, 6.07) is 11.9. The third-order valence-corrected chi connectivity index (χ3v) is 3.36. The largest absolute Gasteiger partial charge is 0.490 e. The van der Waals surface area contributed by atoms with Gasteiger partial charge in [0.2, 0.25) is 0 Å². The van der Waals surface area contributed by atoms with Crippen molar-refractivity contribution in [2.45, 2.75) is 31.9 Å². The van der Waals surface area contributed by atoms with Crippen molar-refractivity contribution in [2.75, 3.05) is 0 Å². The Hall–Kier alpha value is -1.87. The van der Waals surface area contributed by atoms with Gasteiger partial charge in [-0.2, -0.15) is 0 Å². The van der Waals surface area contributed by atoms with Crippen LogP contribution in [0, 0.1) is 6.92 Å². The maximum atomic E-state index is 6.25. The smallest absolute Gasteiger partial charge is 0.119 e. The molecule has 19 heavy (non-hydrogen) atoms. The number of rotatable bonds is 4. The van der Waals surface area contributed by atoms with Crippen molar-refractivity contribution < 1.29 is 4.74 Å². The van der Waals surface area contributed by atoms with E-state index in [1.807, 2.05) is 49.5 Å². The number of aryl methyl sites for hydroxylation is 1. The molecule has 1 heterocycles. The Bertz CT molecular complexity index is 544. The number of ether oxygens (including phenoxy) is 1. The van der Waals surface area contributed by atoms with Gasteiger partial charge in [0.25, 0.3) is 0 Å². The van der Waals surface area contributed by atoms with Gasteiger partial charge in [-0.25, -0.2) is 0 Å². The van der Waals surface area contributed by atoms with Crippen LogP contribution in [0.3, 0.4) is 0 Å². The summed E-state index contributed by atoms with van der Waals surface area (Å²) in [5, 5.41) is 0. The van der Waals surface area contributed by atoms with E-state index in [-0.39, 0.29) is 6.04 Å². The Balaban J connectivity index is 1.75. The van der Waals surface area contributed by atoms with Crippen LogP contribution >= 0.6 is 0 Å². The van der Waals surface area contributed by atoms with E-state index in [9.17, 15) is 0 Å². The number of benzene rings is 1. The Kier molecular flexibility index (Phi) is 3.22. The van der Waals surface area contributed by atoms with Crippen molar-refractivity contribution in [2.24, 2.45) is 5.73 Å². The number of nitrogens with two attached hydrogens (primary N) is 1. The summed E-state index contributed by atoms with van der Waals surface area (Å²) in [4.78, 5) is 4.29. The van der Waals surface area contributed by atoms with Gasteiger partial charge in [0.15, 0.2) is 0 Å². The van der Waals surface area contributed by atoms with Gasteiger partial charge in [0, 0.05) is 11.9 Å². The fourth-order valence-electron chi connectivity index (χ4n) is 1.99. The lowest BCUT2D eigenvalue weighted by atomic mass is 10.0. The van der Waals surface area contributed by atoms with Gasteiger partial charge >= 0.3 is 0 Å². The first kappa shape index (κ1) is 12.2. The van der Waals surface area contributed by atoms with E-state index < -0.39 is 0 Å². The van der Waals surface area contributed by atoms with Gasteiger partial charge < -0.3 is 10.5 Å². The number of hydrogen-bond acceptors (Lipinski definition) is 3. The maximum absolute atomic E-state index is 6.25. The first-order chi connectivity index (χ1) is 9.22. The fourth-order valence-corrected chi connectivity index (χ4v) is 1.99. The molecule has 2 aromatic rings. The molecule has 2 N–H and O–H groups in total. The first-order valence-electron chi connectivity index (χ1n) is 6.67. The van der Waals surface area contributed by atoms with Gasteiger partial charge in [0.05, 0.1) is 12.1 Å². The predicted molar refractivity (Wildman–Crippen MR) is 75.1 cm³/mol. The summed E-state index contributed by atoms with van der Waals surface area (Å²) in [5.74, 6) is 0.931. The number of pyridine rings is 1. The van der Waals surface area contributed by atoms with E-state index in [4.69, 9.17) is 10.5 Å². The summed E-state index contributed by atoms with van der Waals surface area (Å²) in [6.07, 6.45) is 4.63. The van der Waals surface area contributed by atoms with Gasteiger partial charge in [-0.05, 0) is 49.1 Å². The molecule has 3 rings (SSSR count). The van der Waals surface area contributed by atoms with Crippen LogP contribution in [-0.4, -0.2) is 11.1 Å². The highest BCUT2D eigenvalue weighted by atomic mass is 16.5. The standard InChI is InChI=1S/C16H18N2O/c1-11-2-3-13(10-18-11)16(17)12-4-6-14(7-5-12)19-15-8-9-15/h2-7,10,15-16H,8-9,17H2,1H3. The summed E-state index contributed by atoms with van der Waals surface area (Å²) < 4.78 is 5.73. The average Bonchev–Trinajstić information content (AvgIpc) is 3.24. The minimum absolute atomic E-state index is 0.136. The molecule has 0 aliphatic heterocycles. The first-order valence-corrected chi connectivity index (χ1v) is 6.67. The molecule has 0 amide bonds. The molecule has 1 atom stereocenters. The molecular formula is C16H18N2O. The Morgan fingerprint density at radius 3 is 2.37 bits per heavy atom. The maximum Gasteiger partial charge on any atom is 0.119 e. The Labute approximate surface area is 113 Å². The van der Waals surface area contributed by atoms with E-state index in [2.05, 4.69) is 4.98 Å². The molecule has 3 heteroatoms. The van der Waals surface area contributed by atoms with Crippen LogP contribution in [0.25, 0.3) is 0 Å². The van der Waals surface area contributed by atoms with E-state index in [1.165, 1.54) is 12.8 Å². The van der Waals surface area contributed by atoms with E-state index >= 15 is 0 Å². The summed E-state index contributed by atoms with van der Waals surface area (Å²) in [5.41, 5.74) is 9.36. The average molecular weight is 254 g/mol. The van der Waals surface area contributed by atoms with Crippen molar-refractivity contribution in [1.29, 1.82) is 0 Å². The molecule has 0 saturated heterocycles. The van der Waals surface area contributed by atoms with Crippen molar-refractivity contribution >= 4 is 0 Å². The number of hydrogen-bond donors (Lipinski definition) is 1. The fraction of sp³-hybridized carbons (Fsp3) is 0.312. The summed E-state index contributed by atoms with van der Waals surface area (Å²) in [6.45, 7) is 1.97. The predicted octanol–water partition coefficient (Wildman–Crippen LogP) is 2.98. The molecule has 1 saturated carbocycles. The SMILES string of the molecule is Cc1ccc(C(N)c2ccc(OC3CC3)cc2)cn1. The molecule has 0 spiro atoms. The zero-order chi connectivity index (χ0) is 13.2. The Morgan fingerprint density at radius 2 is 1.79 bits per heavy atom. The van der Waals surface area contributed by atoms with Crippen LogP contribution in [0.5, 0.6) is 5.75 Å². The monoisotopic (exact) mass is 254 g/mol. The lowest BCUT2D eigenvalue weighted by Gasteiger charge is -2.13. The van der Waals surface area contributed by atoms with Crippen LogP contribution in [0.1, 0.15) is 35.7 Å². The highest BCUT2D eigenvalue weighted by Crippen LogP contribution is 2.28. The van der Waals surface area contributed by atoms with Crippen molar-refractivity contribution in [3.8, 4) is 5.75 Å². The number of nitrogens with zero attached hydrogens (tertiary/aromatic N) is 1. The molecule has 98 valence electrons. The van der Waals surface area contributed by atoms with Crippen LogP contribution in [0.4, 0.5) is 0 Å². The van der Waals surface area contributed by atoms with Crippen LogP contribution < -0.4 is 10.5 Å². The van der Waals surface area contributed by atoms with Gasteiger partial charge in [0.1, 0.15) is 5.75 Å². The lowest BCUT2D eigenvalue weighted by Crippen LogP contribution is -2.12.